The second-order valence-electron chi connectivity index (χ2n) is 5.79. The van der Waals surface area contributed by atoms with Crippen LogP contribution in [-0.2, 0) is 22.3 Å². The Labute approximate surface area is 142 Å². The summed E-state index contributed by atoms with van der Waals surface area (Å²) in [5.74, 6) is -0.567. The number of hydrogen-bond donors (Lipinski definition) is 0. The Morgan fingerprint density at radius 1 is 1.32 bits per heavy atom. The molecule has 0 aliphatic carbocycles. The Morgan fingerprint density at radius 3 is 2.60 bits per heavy atom. The van der Waals surface area contributed by atoms with Crippen LogP contribution < -0.4 is 0 Å². The fraction of sp³-hybridized carbons (Fsp3) is 0.375. The molecule has 9 heteroatoms. The summed E-state index contributed by atoms with van der Waals surface area (Å²) in [6, 6.07) is 3.52. The summed E-state index contributed by atoms with van der Waals surface area (Å²) in [5, 5.41) is 11.5. The molecule has 1 aromatic carbocycles. The second kappa shape index (κ2) is 7.04. The van der Waals surface area contributed by atoms with Crippen molar-refractivity contribution in [1.29, 1.82) is 0 Å². The van der Waals surface area contributed by atoms with Crippen LogP contribution in [0.3, 0.4) is 0 Å². The zero-order valence-corrected chi connectivity index (χ0v) is 14.0. The monoisotopic (exact) mass is 354 g/mol. The molecule has 6 nitrogen and oxygen atoms in total. The Bertz CT molecular complexity index is 797. The number of nitrogens with zero attached hydrogens (tertiary/aromatic N) is 4. The average Bonchev–Trinajstić information content (AvgIpc) is 2.93. The third-order valence-corrected chi connectivity index (χ3v) is 3.08. The Balaban J connectivity index is 2.20. The predicted molar refractivity (Wildman–Crippen MR) is 83.4 cm³/mol. The number of aromatic nitrogens is 4. The topological polar surface area (TPSA) is 69.9 Å². The van der Waals surface area contributed by atoms with Gasteiger partial charge in [-0.3, -0.25) is 0 Å². The molecule has 0 N–H and O–H groups in total. The minimum Gasteiger partial charge on any atom is -0.460 e. The van der Waals surface area contributed by atoms with Crippen LogP contribution in [0, 0.1) is 6.92 Å². The summed E-state index contributed by atoms with van der Waals surface area (Å²) < 4.78 is 43.7. The average molecular weight is 354 g/mol. The highest BCUT2D eigenvalue weighted by Crippen LogP contribution is 2.32. The van der Waals surface area contributed by atoms with Gasteiger partial charge in [-0.1, -0.05) is 6.58 Å². The van der Waals surface area contributed by atoms with Gasteiger partial charge in [0.05, 0.1) is 23.8 Å². The van der Waals surface area contributed by atoms with E-state index in [-0.39, 0.29) is 29.6 Å². The van der Waals surface area contributed by atoms with Crippen LogP contribution in [0.4, 0.5) is 13.2 Å². The fourth-order valence-electron chi connectivity index (χ4n) is 2.03. The van der Waals surface area contributed by atoms with Crippen molar-refractivity contribution in [3.63, 3.8) is 0 Å². The molecule has 0 aliphatic heterocycles. The molecule has 0 amide bonds. The number of carbonyl (C=O) groups excluding carboxylic acids is 1. The first-order valence-electron chi connectivity index (χ1n) is 7.42. The van der Waals surface area contributed by atoms with E-state index in [9.17, 15) is 18.0 Å². The molecule has 1 heterocycles. The molecule has 0 unspecified atom stereocenters. The van der Waals surface area contributed by atoms with Gasteiger partial charge in [0.25, 0.3) is 0 Å². The molecule has 134 valence electrons. The van der Waals surface area contributed by atoms with Crippen molar-refractivity contribution < 1.29 is 22.7 Å². The lowest BCUT2D eigenvalue weighted by Crippen LogP contribution is -2.17. The van der Waals surface area contributed by atoms with Crippen molar-refractivity contribution in [2.75, 3.05) is 0 Å². The maximum absolute atomic E-state index is 12.9. The van der Waals surface area contributed by atoms with Gasteiger partial charge in [0.15, 0.2) is 0 Å². The molecule has 0 aliphatic rings. The standard InChI is InChI=1S/C16H17F3N4O2/c1-9(2)25-15(24)11(4)8-23-21-14(20-22-23)12-5-10(3)6-13(7-12)16(17,18)19/h5-7,9H,4,8H2,1-3H3. The Morgan fingerprint density at radius 2 is 2.00 bits per heavy atom. The maximum atomic E-state index is 12.9. The van der Waals surface area contributed by atoms with Crippen molar-refractivity contribution in [1.82, 2.24) is 20.2 Å². The number of aryl methyl sites for hydroxylation is 1. The molecular weight excluding hydrogens is 337 g/mol. The van der Waals surface area contributed by atoms with Gasteiger partial charge in [-0.05, 0) is 49.7 Å². The van der Waals surface area contributed by atoms with Crippen LogP contribution in [0.15, 0.2) is 30.4 Å². The van der Waals surface area contributed by atoms with Crippen molar-refractivity contribution in [2.24, 2.45) is 0 Å². The highest BCUT2D eigenvalue weighted by molar-refractivity contribution is 5.87. The number of ether oxygens (including phenoxy) is 1. The predicted octanol–water partition coefficient (Wildman–Crippen LogP) is 3.18. The van der Waals surface area contributed by atoms with Crippen molar-refractivity contribution >= 4 is 5.97 Å². The van der Waals surface area contributed by atoms with E-state index in [0.29, 0.717) is 5.56 Å². The van der Waals surface area contributed by atoms with Gasteiger partial charge in [-0.25, -0.2) is 4.79 Å². The zero-order valence-electron chi connectivity index (χ0n) is 14.0. The van der Waals surface area contributed by atoms with Crippen LogP contribution in [-0.4, -0.2) is 32.3 Å². The molecule has 0 spiro atoms. The van der Waals surface area contributed by atoms with Crippen molar-refractivity contribution in [3.05, 3.63) is 41.5 Å². The lowest BCUT2D eigenvalue weighted by Gasteiger charge is -2.09. The van der Waals surface area contributed by atoms with E-state index in [4.69, 9.17) is 4.74 Å². The molecule has 0 bridgehead atoms. The summed E-state index contributed by atoms with van der Waals surface area (Å²) in [7, 11) is 0. The van der Waals surface area contributed by atoms with Gasteiger partial charge >= 0.3 is 12.1 Å². The molecule has 0 saturated heterocycles. The zero-order chi connectivity index (χ0) is 18.8. The highest BCUT2D eigenvalue weighted by atomic mass is 19.4. The number of alkyl halides is 3. The number of esters is 1. The van der Waals surface area contributed by atoms with E-state index in [2.05, 4.69) is 22.0 Å². The minimum atomic E-state index is -4.47. The summed E-state index contributed by atoms with van der Waals surface area (Å²) in [4.78, 5) is 12.8. The molecular formula is C16H17F3N4O2. The molecule has 2 aromatic rings. The Hall–Kier alpha value is -2.71. The minimum absolute atomic E-state index is 0.0271. The lowest BCUT2D eigenvalue weighted by molar-refractivity contribution is -0.143. The van der Waals surface area contributed by atoms with Crippen LogP contribution in [0.1, 0.15) is 25.0 Å². The SMILES string of the molecule is C=C(Cn1nnc(-c2cc(C)cc(C(F)(F)F)c2)n1)C(=O)OC(C)C. The lowest BCUT2D eigenvalue weighted by atomic mass is 10.1. The van der Waals surface area contributed by atoms with Gasteiger partial charge in [-0.15, -0.1) is 10.2 Å². The number of benzene rings is 1. The highest BCUT2D eigenvalue weighted by Gasteiger charge is 2.31. The Kier molecular flexibility index (Phi) is 5.24. The van der Waals surface area contributed by atoms with Gasteiger partial charge < -0.3 is 4.74 Å². The first-order chi connectivity index (χ1) is 11.6. The molecule has 0 fully saturated rings. The van der Waals surface area contributed by atoms with Gasteiger partial charge in [0.2, 0.25) is 5.82 Å². The number of hydrogen-bond acceptors (Lipinski definition) is 5. The molecule has 0 saturated carbocycles. The third-order valence-electron chi connectivity index (χ3n) is 3.08. The molecule has 2 rings (SSSR count). The van der Waals surface area contributed by atoms with Gasteiger partial charge in [0, 0.05) is 5.56 Å². The van der Waals surface area contributed by atoms with Crippen molar-refractivity contribution in [2.45, 2.75) is 39.6 Å². The molecule has 1 aromatic heterocycles. The number of rotatable bonds is 5. The summed E-state index contributed by atoms with van der Waals surface area (Å²) in [6.07, 6.45) is -4.76. The largest absolute Gasteiger partial charge is 0.460 e. The van der Waals surface area contributed by atoms with E-state index >= 15 is 0 Å². The van der Waals surface area contributed by atoms with E-state index in [1.165, 1.54) is 6.07 Å². The summed E-state index contributed by atoms with van der Waals surface area (Å²) in [5.41, 5.74) is -0.0679. The van der Waals surface area contributed by atoms with E-state index < -0.39 is 17.7 Å². The smallest absolute Gasteiger partial charge is 0.416 e. The molecule has 25 heavy (non-hydrogen) atoms. The summed E-state index contributed by atoms with van der Waals surface area (Å²) in [6.45, 7) is 8.47. The number of carbonyl (C=O) groups is 1. The summed E-state index contributed by atoms with van der Waals surface area (Å²) >= 11 is 0. The number of halogens is 3. The maximum Gasteiger partial charge on any atom is 0.416 e. The molecule has 0 atom stereocenters. The third kappa shape index (κ3) is 4.88. The molecule has 0 radical (unpaired) electrons. The van der Waals surface area contributed by atoms with Crippen LogP contribution in [0.2, 0.25) is 0 Å². The van der Waals surface area contributed by atoms with Gasteiger partial charge in [-0.2, -0.15) is 18.0 Å². The van der Waals surface area contributed by atoms with E-state index in [1.807, 2.05) is 0 Å². The first-order valence-corrected chi connectivity index (χ1v) is 7.42. The van der Waals surface area contributed by atoms with Crippen molar-refractivity contribution in [3.8, 4) is 11.4 Å². The fourth-order valence-corrected chi connectivity index (χ4v) is 2.03. The quantitative estimate of drug-likeness (QED) is 0.609. The normalized spacial score (nSPS) is 11.6. The van der Waals surface area contributed by atoms with E-state index in [0.717, 1.165) is 16.9 Å². The second-order valence-corrected chi connectivity index (χ2v) is 5.79. The van der Waals surface area contributed by atoms with E-state index in [1.54, 1.807) is 20.8 Å². The first kappa shape index (κ1) is 18.6. The van der Waals surface area contributed by atoms with Crippen LogP contribution >= 0.6 is 0 Å². The number of tetrazole rings is 1. The van der Waals surface area contributed by atoms with Crippen LogP contribution in [0.5, 0.6) is 0 Å². The van der Waals surface area contributed by atoms with Gasteiger partial charge in [0.1, 0.15) is 0 Å². The van der Waals surface area contributed by atoms with Crippen LogP contribution in [0.25, 0.3) is 11.4 Å².